The topological polar surface area (TPSA) is 75.6 Å². The summed E-state index contributed by atoms with van der Waals surface area (Å²) in [6.07, 6.45) is 3.12. The van der Waals surface area contributed by atoms with E-state index in [0.29, 0.717) is 29.6 Å². The number of benzene rings is 1. The molecule has 0 bridgehead atoms. The first kappa shape index (κ1) is 18.5. The summed E-state index contributed by atoms with van der Waals surface area (Å²) >= 11 is 3.95. The average molecular weight is 382 g/mol. The molecule has 2 aliphatic rings. The smallest absolute Gasteiger partial charge is 0.306 e. The largest absolute Gasteiger partial charge is 0.484 e. The first-order valence-corrected chi connectivity index (χ1v) is 10.7. The Labute approximate surface area is 156 Å². The highest BCUT2D eigenvalue weighted by Crippen LogP contribution is 2.43. The second-order valence-electron chi connectivity index (χ2n) is 6.40. The molecule has 1 aliphatic carbocycles. The Morgan fingerprint density at radius 3 is 2.52 bits per heavy atom. The van der Waals surface area contributed by atoms with Gasteiger partial charge in [-0.25, -0.2) is 0 Å². The maximum absolute atomic E-state index is 12.0. The molecule has 2 atom stereocenters. The molecule has 2 fully saturated rings. The van der Waals surface area contributed by atoms with Gasteiger partial charge in [0.25, 0.3) is 5.91 Å². The molecule has 1 aliphatic heterocycles. The van der Waals surface area contributed by atoms with Crippen molar-refractivity contribution in [2.45, 2.75) is 36.3 Å². The summed E-state index contributed by atoms with van der Waals surface area (Å²) in [5.41, 5.74) is 1.29. The molecular weight excluding hydrogens is 358 g/mol. The summed E-state index contributed by atoms with van der Waals surface area (Å²) in [5.74, 6) is 1.79. The van der Waals surface area contributed by atoms with Crippen LogP contribution in [-0.4, -0.2) is 41.1 Å². The fourth-order valence-electron chi connectivity index (χ4n) is 3.16. The van der Waals surface area contributed by atoms with Gasteiger partial charge in [-0.3, -0.25) is 9.59 Å². The van der Waals surface area contributed by atoms with Crippen LogP contribution >= 0.6 is 23.5 Å². The van der Waals surface area contributed by atoms with Gasteiger partial charge in [0.15, 0.2) is 6.61 Å². The lowest BCUT2D eigenvalue weighted by molar-refractivity contribution is -0.141. The van der Waals surface area contributed by atoms with E-state index in [9.17, 15) is 9.59 Å². The van der Waals surface area contributed by atoms with Gasteiger partial charge in [0, 0.05) is 6.04 Å². The van der Waals surface area contributed by atoms with Crippen LogP contribution in [0.15, 0.2) is 24.3 Å². The zero-order valence-electron chi connectivity index (χ0n) is 14.0. The van der Waals surface area contributed by atoms with Gasteiger partial charge in [0.2, 0.25) is 0 Å². The van der Waals surface area contributed by atoms with Crippen LogP contribution < -0.4 is 10.1 Å². The molecule has 1 aromatic rings. The number of carbonyl (C=O) groups is 2. The van der Waals surface area contributed by atoms with E-state index in [-0.39, 0.29) is 24.5 Å². The van der Waals surface area contributed by atoms with E-state index in [4.69, 9.17) is 9.84 Å². The van der Waals surface area contributed by atoms with Crippen LogP contribution in [-0.2, 0) is 9.59 Å². The van der Waals surface area contributed by atoms with Gasteiger partial charge in [-0.2, -0.15) is 0 Å². The van der Waals surface area contributed by atoms with Gasteiger partial charge in [-0.1, -0.05) is 12.1 Å². The van der Waals surface area contributed by atoms with E-state index in [0.717, 1.165) is 0 Å². The van der Waals surface area contributed by atoms with Crippen LogP contribution in [0.5, 0.6) is 5.75 Å². The Balaban J connectivity index is 1.42. The third-order valence-electron chi connectivity index (χ3n) is 4.50. The second-order valence-corrected chi connectivity index (χ2v) is 9.12. The molecule has 1 saturated carbocycles. The summed E-state index contributed by atoms with van der Waals surface area (Å²) < 4.78 is 6.05. The zero-order valence-corrected chi connectivity index (χ0v) is 15.6. The molecule has 25 heavy (non-hydrogen) atoms. The number of rotatable bonds is 6. The molecule has 136 valence electrons. The normalized spacial score (nSPS) is 24.0. The van der Waals surface area contributed by atoms with Crippen molar-refractivity contribution >= 4 is 35.4 Å². The summed E-state index contributed by atoms with van der Waals surface area (Å²) in [5, 5.41) is 11.9. The van der Waals surface area contributed by atoms with Gasteiger partial charge in [-0.15, -0.1) is 23.5 Å². The van der Waals surface area contributed by atoms with Crippen molar-refractivity contribution in [1.82, 2.24) is 5.32 Å². The Bertz CT molecular complexity index is 602. The Morgan fingerprint density at radius 2 is 1.88 bits per heavy atom. The van der Waals surface area contributed by atoms with Crippen molar-refractivity contribution in [3.63, 3.8) is 0 Å². The summed E-state index contributed by atoms with van der Waals surface area (Å²) in [4.78, 5) is 22.9. The molecule has 3 rings (SSSR count). The van der Waals surface area contributed by atoms with Crippen molar-refractivity contribution in [1.29, 1.82) is 0 Å². The van der Waals surface area contributed by atoms with Crippen LogP contribution in [0, 0.1) is 5.92 Å². The number of hydrogen-bond donors (Lipinski definition) is 2. The van der Waals surface area contributed by atoms with Crippen LogP contribution in [0.25, 0.3) is 0 Å². The SMILES string of the molecule is O=C(COc1ccc(C2SCCCS2)cc1)N[C@@H]1CC[C@H](C(=O)O)C1. The van der Waals surface area contributed by atoms with E-state index in [2.05, 4.69) is 17.4 Å². The molecule has 0 unspecified atom stereocenters. The maximum Gasteiger partial charge on any atom is 0.306 e. The highest BCUT2D eigenvalue weighted by molar-refractivity contribution is 8.16. The lowest BCUT2D eigenvalue weighted by atomic mass is 10.1. The maximum atomic E-state index is 12.0. The Morgan fingerprint density at radius 1 is 1.16 bits per heavy atom. The fraction of sp³-hybridized carbons (Fsp3) is 0.556. The first-order valence-electron chi connectivity index (χ1n) is 8.60. The quantitative estimate of drug-likeness (QED) is 0.787. The highest BCUT2D eigenvalue weighted by atomic mass is 32.2. The molecule has 2 N–H and O–H groups in total. The minimum absolute atomic E-state index is 0.0412. The standard InChI is InChI=1S/C18H23NO4S2/c20-16(19-14-5-2-13(10-14)17(21)22)11-23-15-6-3-12(4-7-15)18-24-8-1-9-25-18/h3-4,6-7,13-14,18H,1-2,5,8-11H2,(H,19,20)(H,21,22)/t13-,14+/m0/s1. The van der Waals surface area contributed by atoms with Crippen molar-refractivity contribution < 1.29 is 19.4 Å². The second kappa shape index (κ2) is 8.85. The van der Waals surface area contributed by atoms with E-state index >= 15 is 0 Å². The predicted molar refractivity (Wildman–Crippen MR) is 101 cm³/mol. The average Bonchev–Trinajstić information content (AvgIpc) is 3.10. The summed E-state index contributed by atoms with van der Waals surface area (Å²) in [6.45, 7) is -0.0412. The number of carboxylic acid groups (broad SMARTS) is 1. The third-order valence-corrected chi connectivity index (χ3v) is 7.51. The van der Waals surface area contributed by atoms with Crippen LogP contribution in [0.1, 0.15) is 35.8 Å². The number of carbonyl (C=O) groups excluding carboxylic acids is 1. The molecule has 0 spiro atoms. The van der Waals surface area contributed by atoms with Crippen molar-refractivity contribution in [3.05, 3.63) is 29.8 Å². The first-order chi connectivity index (χ1) is 12.1. The van der Waals surface area contributed by atoms with Gasteiger partial charge in [0.05, 0.1) is 10.5 Å². The van der Waals surface area contributed by atoms with Gasteiger partial charge >= 0.3 is 5.97 Å². The van der Waals surface area contributed by atoms with Crippen molar-refractivity contribution in [3.8, 4) is 5.75 Å². The molecule has 0 radical (unpaired) electrons. The molecule has 5 nitrogen and oxygen atoms in total. The number of carboxylic acids is 1. The summed E-state index contributed by atoms with van der Waals surface area (Å²) in [6, 6.07) is 7.90. The minimum Gasteiger partial charge on any atom is -0.484 e. The zero-order chi connectivity index (χ0) is 17.6. The molecule has 7 heteroatoms. The lowest BCUT2D eigenvalue weighted by Gasteiger charge is -2.21. The molecule has 1 aromatic carbocycles. The fourth-order valence-corrected chi connectivity index (χ4v) is 6.05. The van der Waals surface area contributed by atoms with E-state index < -0.39 is 5.97 Å². The predicted octanol–water partition coefficient (Wildman–Crippen LogP) is 3.30. The molecular formula is C18H23NO4S2. The van der Waals surface area contributed by atoms with Crippen molar-refractivity contribution in [2.24, 2.45) is 5.92 Å². The number of aliphatic carboxylic acids is 1. The Hall–Kier alpha value is -1.34. The number of nitrogens with one attached hydrogen (secondary N) is 1. The third kappa shape index (κ3) is 5.31. The molecule has 1 saturated heterocycles. The monoisotopic (exact) mass is 381 g/mol. The van der Waals surface area contributed by atoms with E-state index in [1.165, 1.54) is 23.5 Å². The van der Waals surface area contributed by atoms with Gasteiger partial charge in [-0.05, 0) is 54.9 Å². The van der Waals surface area contributed by atoms with Gasteiger partial charge in [0.1, 0.15) is 5.75 Å². The van der Waals surface area contributed by atoms with Crippen molar-refractivity contribution in [2.75, 3.05) is 18.1 Å². The van der Waals surface area contributed by atoms with Crippen LogP contribution in [0.2, 0.25) is 0 Å². The molecule has 1 amide bonds. The van der Waals surface area contributed by atoms with Crippen LogP contribution in [0.4, 0.5) is 0 Å². The number of thioether (sulfide) groups is 2. The number of hydrogen-bond acceptors (Lipinski definition) is 5. The molecule has 0 aromatic heterocycles. The molecule has 1 heterocycles. The number of amides is 1. The Kier molecular flexibility index (Phi) is 6.53. The highest BCUT2D eigenvalue weighted by Gasteiger charge is 2.30. The number of ether oxygens (including phenoxy) is 1. The lowest BCUT2D eigenvalue weighted by Crippen LogP contribution is -2.36. The van der Waals surface area contributed by atoms with E-state index in [1.54, 1.807) is 0 Å². The van der Waals surface area contributed by atoms with Gasteiger partial charge < -0.3 is 15.2 Å². The minimum atomic E-state index is -0.776. The summed E-state index contributed by atoms with van der Waals surface area (Å²) in [7, 11) is 0. The van der Waals surface area contributed by atoms with Crippen LogP contribution in [0.3, 0.4) is 0 Å². The van der Waals surface area contributed by atoms with E-state index in [1.807, 2.05) is 35.7 Å².